The van der Waals surface area contributed by atoms with Gasteiger partial charge in [-0.15, -0.1) is 11.3 Å². The van der Waals surface area contributed by atoms with Crippen LogP contribution in [0.3, 0.4) is 0 Å². The van der Waals surface area contributed by atoms with Crippen LogP contribution >= 0.6 is 11.3 Å². The molecule has 4 heteroatoms. The molecule has 0 bridgehead atoms. The Hall–Kier alpha value is -2.12. The van der Waals surface area contributed by atoms with Gasteiger partial charge in [-0.3, -0.25) is 4.79 Å². The first-order valence-electron chi connectivity index (χ1n) is 8.64. The van der Waals surface area contributed by atoms with Gasteiger partial charge in [0.05, 0.1) is 12.2 Å². The highest BCUT2D eigenvalue weighted by atomic mass is 32.1. The van der Waals surface area contributed by atoms with Crippen LogP contribution < -0.4 is 0 Å². The molecule has 122 valence electrons. The van der Waals surface area contributed by atoms with Crippen molar-refractivity contribution < 1.29 is 4.79 Å². The molecule has 2 heterocycles. The molecule has 1 amide bonds. The Bertz CT molecular complexity index is 794. The fourth-order valence-electron chi connectivity index (χ4n) is 3.52. The van der Waals surface area contributed by atoms with Crippen molar-refractivity contribution >= 4 is 17.2 Å². The zero-order chi connectivity index (χ0) is 16.4. The van der Waals surface area contributed by atoms with Gasteiger partial charge >= 0.3 is 0 Å². The maximum Gasteiger partial charge on any atom is 0.226 e. The van der Waals surface area contributed by atoms with Crippen molar-refractivity contribution in [3.05, 3.63) is 51.5 Å². The van der Waals surface area contributed by atoms with Gasteiger partial charge in [-0.1, -0.05) is 37.0 Å². The standard InChI is InChI=1S/C20H20N2OS/c23-20(16-8-4-5-9-16)22-13-12-17-18(14-22)24-19(21-17)11-10-15-6-2-1-3-7-15/h1-3,6-7,16H,4-5,8-9,12-14H2. The first kappa shape index (κ1) is 15.4. The van der Waals surface area contributed by atoms with Gasteiger partial charge in [0.2, 0.25) is 5.91 Å². The van der Waals surface area contributed by atoms with Crippen molar-refractivity contribution in [1.82, 2.24) is 9.88 Å². The first-order chi connectivity index (χ1) is 11.8. The molecule has 1 aliphatic carbocycles. The van der Waals surface area contributed by atoms with E-state index in [1.54, 1.807) is 11.3 Å². The molecule has 0 radical (unpaired) electrons. The number of benzene rings is 1. The van der Waals surface area contributed by atoms with Crippen molar-refractivity contribution in [2.45, 2.75) is 38.6 Å². The summed E-state index contributed by atoms with van der Waals surface area (Å²) < 4.78 is 0. The van der Waals surface area contributed by atoms with Gasteiger partial charge < -0.3 is 4.90 Å². The molecular weight excluding hydrogens is 316 g/mol. The van der Waals surface area contributed by atoms with E-state index >= 15 is 0 Å². The molecule has 3 nitrogen and oxygen atoms in total. The second-order valence-corrected chi connectivity index (χ2v) is 7.58. The second kappa shape index (κ2) is 6.78. The van der Waals surface area contributed by atoms with E-state index in [0.717, 1.165) is 48.6 Å². The van der Waals surface area contributed by atoms with Gasteiger partial charge in [-0.2, -0.15) is 0 Å². The Labute approximate surface area is 146 Å². The quantitative estimate of drug-likeness (QED) is 0.745. The summed E-state index contributed by atoms with van der Waals surface area (Å²) in [6.07, 6.45) is 5.40. The van der Waals surface area contributed by atoms with Crippen LogP contribution in [0.5, 0.6) is 0 Å². The minimum absolute atomic E-state index is 0.261. The van der Waals surface area contributed by atoms with Crippen molar-refractivity contribution in [3.8, 4) is 11.8 Å². The van der Waals surface area contributed by atoms with Crippen molar-refractivity contribution in [2.75, 3.05) is 6.54 Å². The molecule has 1 aromatic carbocycles. The lowest BCUT2D eigenvalue weighted by Gasteiger charge is -2.28. The number of nitrogens with zero attached hydrogens (tertiary/aromatic N) is 2. The van der Waals surface area contributed by atoms with E-state index in [1.165, 1.54) is 17.7 Å². The highest BCUT2D eigenvalue weighted by Gasteiger charge is 2.30. The van der Waals surface area contributed by atoms with Crippen LogP contribution in [0.4, 0.5) is 0 Å². The topological polar surface area (TPSA) is 33.2 Å². The lowest BCUT2D eigenvalue weighted by atomic mass is 10.0. The maximum atomic E-state index is 12.6. The zero-order valence-electron chi connectivity index (χ0n) is 13.6. The van der Waals surface area contributed by atoms with Crippen molar-refractivity contribution in [3.63, 3.8) is 0 Å². The summed E-state index contributed by atoms with van der Waals surface area (Å²) in [6.45, 7) is 1.52. The monoisotopic (exact) mass is 336 g/mol. The van der Waals surface area contributed by atoms with Gasteiger partial charge in [-0.05, 0) is 30.9 Å². The molecule has 24 heavy (non-hydrogen) atoms. The Balaban J connectivity index is 1.48. The summed E-state index contributed by atoms with van der Waals surface area (Å²) in [7, 11) is 0. The molecule has 2 aromatic rings. The van der Waals surface area contributed by atoms with E-state index in [9.17, 15) is 4.79 Å². The first-order valence-corrected chi connectivity index (χ1v) is 9.46. The van der Waals surface area contributed by atoms with Gasteiger partial charge in [-0.25, -0.2) is 4.98 Å². The van der Waals surface area contributed by atoms with E-state index < -0.39 is 0 Å². The minimum atomic E-state index is 0.261. The zero-order valence-corrected chi connectivity index (χ0v) is 14.4. The molecule has 4 rings (SSSR count). The van der Waals surface area contributed by atoms with Gasteiger partial charge in [0.1, 0.15) is 0 Å². The third-order valence-electron chi connectivity index (χ3n) is 4.83. The van der Waals surface area contributed by atoms with Gasteiger partial charge in [0, 0.05) is 29.3 Å². The second-order valence-electron chi connectivity index (χ2n) is 6.50. The number of aromatic nitrogens is 1. The summed E-state index contributed by atoms with van der Waals surface area (Å²) in [5.74, 6) is 6.95. The van der Waals surface area contributed by atoms with Crippen LogP contribution in [0.2, 0.25) is 0 Å². The van der Waals surface area contributed by atoms with Crippen LogP contribution in [-0.4, -0.2) is 22.3 Å². The van der Waals surface area contributed by atoms with Crippen molar-refractivity contribution in [2.24, 2.45) is 5.92 Å². The number of carbonyl (C=O) groups excluding carboxylic acids is 1. The molecule has 1 fully saturated rings. The number of hydrogen-bond acceptors (Lipinski definition) is 3. The molecule has 0 spiro atoms. The summed E-state index contributed by atoms with van der Waals surface area (Å²) in [6, 6.07) is 9.97. The highest BCUT2D eigenvalue weighted by Crippen LogP contribution is 2.30. The molecule has 0 atom stereocenters. The number of amides is 1. The number of thiazole rings is 1. The number of rotatable bonds is 1. The fourth-order valence-corrected chi connectivity index (χ4v) is 4.49. The smallest absolute Gasteiger partial charge is 0.226 e. The Morgan fingerprint density at radius 3 is 2.75 bits per heavy atom. The average molecular weight is 336 g/mol. The molecule has 1 saturated carbocycles. The molecule has 1 aliphatic heterocycles. The minimum Gasteiger partial charge on any atom is -0.337 e. The molecule has 2 aliphatic rings. The predicted octanol–water partition coefficient (Wildman–Crippen LogP) is 3.62. The SMILES string of the molecule is O=C(C1CCCC1)N1CCc2nc(C#Cc3ccccc3)sc2C1. The molecule has 0 unspecified atom stereocenters. The lowest BCUT2D eigenvalue weighted by Crippen LogP contribution is -2.38. The van der Waals surface area contributed by atoms with E-state index in [4.69, 9.17) is 0 Å². The van der Waals surface area contributed by atoms with E-state index in [-0.39, 0.29) is 5.92 Å². The number of fused-ring (bicyclic) bond motifs is 1. The van der Waals surface area contributed by atoms with Crippen LogP contribution in [0.1, 0.15) is 46.8 Å². The lowest BCUT2D eigenvalue weighted by molar-refractivity contribution is -0.136. The third-order valence-corrected chi connectivity index (χ3v) is 5.83. The van der Waals surface area contributed by atoms with Gasteiger partial charge in [0.15, 0.2) is 5.01 Å². The number of hydrogen-bond donors (Lipinski definition) is 0. The average Bonchev–Trinajstić information content (AvgIpc) is 3.29. The largest absolute Gasteiger partial charge is 0.337 e. The molecule has 0 N–H and O–H groups in total. The fraction of sp³-hybridized carbons (Fsp3) is 0.400. The highest BCUT2D eigenvalue weighted by molar-refractivity contribution is 7.12. The van der Waals surface area contributed by atoms with E-state index in [0.29, 0.717) is 5.91 Å². The van der Waals surface area contributed by atoms with Crippen LogP contribution in [0.15, 0.2) is 30.3 Å². The normalized spacial score (nSPS) is 17.2. The summed E-state index contributed by atoms with van der Waals surface area (Å²) in [4.78, 5) is 20.5. The maximum absolute atomic E-state index is 12.6. The summed E-state index contributed by atoms with van der Waals surface area (Å²) in [5.41, 5.74) is 2.14. The van der Waals surface area contributed by atoms with Crippen LogP contribution in [0.25, 0.3) is 0 Å². The molecular formula is C20H20N2OS. The van der Waals surface area contributed by atoms with Crippen LogP contribution in [-0.2, 0) is 17.8 Å². The summed E-state index contributed by atoms with van der Waals surface area (Å²) in [5, 5.41) is 0.860. The van der Waals surface area contributed by atoms with E-state index in [1.807, 2.05) is 35.2 Å². The van der Waals surface area contributed by atoms with Crippen LogP contribution in [0, 0.1) is 17.8 Å². The Kier molecular flexibility index (Phi) is 4.36. The third kappa shape index (κ3) is 3.22. The Morgan fingerprint density at radius 2 is 1.96 bits per heavy atom. The van der Waals surface area contributed by atoms with Gasteiger partial charge in [0.25, 0.3) is 0 Å². The van der Waals surface area contributed by atoms with Crippen molar-refractivity contribution in [1.29, 1.82) is 0 Å². The Morgan fingerprint density at radius 1 is 1.17 bits per heavy atom. The molecule has 0 saturated heterocycles. The predicted molar refractivity (Wildman–Crippen MR) is 95.6 cm³/mol. The summed E-state index contributed by atoms with van der Waals surface area (Å²) >= 11 is 1.64. The van der Waals surface area contributed by atoms with E-state index in [2.05, 4.69) is 16.8 Å². The molecule has 1 aromatic heterocycles. The number of carbonyl (C=O) groups is 1.